The molecule has 0 aliphatic rings. The molecular weight excluding hydrogens is 234 g/mol. The normalized spacial score (nSPS) is 11.7. The Labute approximate surface area is 93.4 Å². The molecule has 0 saturated carbocycles. The number of ether oxygens (including phenoxy) is 2. The fourth-order valence-electron chi connectivity index (χ4n) is 1.06. The molecule has 1 N–H and O–H groups in total. The maximum absolute atomic E-state index is 10.4. The Morgan fingerprint density at radius 2 is 1.88 bits per heavy atom. The Kier molecular flexibility index (Phi) is 3.86. The SMILES string of the molecule is COc1ccc(/C=N/S(=O)(=O)O)cc1OC. The van der Waals surface area contributed by atoms with E-state index in [4.69, 9.17) is 14.0 Å². The van der Waals surface area contributed by atoms with Gasteiger partial charge in [0.05, 0.1) is 14.2 Å². The Balaban J connectivity index is 3.05. The van der Waals surface area contributed by atoms with E-state index in [0.29, 0.717) is 17.1 Å². The van der Waals surface area contributed by atoms with E-state index >= 15 is 0 Å². The zero-order chi connectivity index (χ0) is 12.2. The fraction of sp³-hybridized carbons (Fsp3) is 0.222. The van der Waals surface area contributed by atoms with Gasteiger partial charge in [0.25, 0.3) is 0 Å². The van der Waals surface area contributed by atoms with Gasteiger partial charge in [-0.3, -0.25) is 4.55 Å². The first-order chi connectivity index (χ1) is 7.46. The van der Waals surface area contributed by atoms with E-state index in [2.05, 4.69) is 4.40 Å². The van der Waals surface area contributed by atoms with Gasteiger partial charge in [-0.05, 0) is 23.8 Å². The molecule has 1 aromatic rings. The lowest BCUT2D eigenvalue weighted by molar-refractivity contribution is 0.355. The second-order valence-electron chi connectivity index (χ2n) is 2.80. The molecular formula is C9H11NO5S. The molecule has 0 radical (unpaired) electrons. The van der Waals surface area contributed by atoms with Gasteiger partial charge in [-0.1, -0.05) is 0 Å². The lowest BCUT2D eigenvalue weighted by atomic mass is 10.2. The van der Waals surface area contributed by atoms with Crippen molar-refractivity contribution in [3.8, 4) is 11.5 Å². The minimum atomic E-state index is -4.36. The van der Waals surface area contributed by atoms with Crippen molar-refractivity contribution in [1.82, 2.24) is 0 Å². The minimum absolute atomic E-state index is 0.446. The summed E-state index contributed by atoms with van der Waals surface area (Å²) in [7, 11) is -1.41. The highest BCUT2D eigenvalue weighted by molar-refractivity contribution is 7.84. The number of nitrogens with zero attached hydrogens (tertiary/aromatic N) is 1. The van der Waals surface area contributed by atoms with Gasteiger partial charge in [0.15, 0.2) is 11.5 Å². The van der Waals surface area contributed by atoms with Crippen LogP contribution in [0.5, 0.6) is 11.5 Å². The zero-order valence-electron chi connectivity index (χ0n) is 8.75. The predicted octanol–water partition coefficient (Wildman–Crippen LogP) is 0.925. The van der Waals surface area contributed by atoms with Crippen LogP contribution in [-0.2, 0) is 10.3 Å². The van der Waals surface area contributed by atoms with Gasteiger partial charge in [-0.15, -0.1) is 4.40 Å². The maximum atomic E-state index is 10.4. The molecule has 1 rings (SSSR count). The average molecular weight is 245 g/mol. The smallest absolute Gasteiger partial charge is 0.378 e. The second-order valence-corrected chi connectivity index (χ2v) is 3.90. The molecule has 0 spiro atoms. The fourth-order valence-corrected chi connectivity index (χ4v) is 1.32. The number of benzene rings is 1. The van der Waals surface area contributed by atoms with Crippen LogP contribution in [-0.4, -0.2) is 33.4 Å². The summed E-state index contributed by atoms with van der Waals surface area (Å²) in [5.41, 5.74) is 0.468. The van der Waals surface area contributed by atoms with Gasteiger partial charge in [0.2, 0.25) is 0 Å². The highest BCUT2D eigenvalue weighted by Gasteiger charge is 2.04. The molecule has 0 fully saturated rings. The van der Waals surface area contributed by atoms with E-state index in [9.17, 15) is 8.42 Å². The van der Waals surface area contributed by atoms with Crippen LogP contribution in [0.4, 0.5) is 0 Å². The molecule has 0 aliphatic carbocycles. The lowest BCUT2D eigenvalue weighted by Crippen LogP contribution is -1.94. The second kappa shape index (κ2) is 4.95. The molecule has 1 aromatic carbocycles. The monoisotopic (exact) mass is 245 g/mol. The Hall–Kier alpha value is -1.60. The highest BCUT2D eigenvalue weighted by Crippen LogP contribution is 2.26. The number of hydrogen-bond acceptors (Lipinski definition) is 4. The predicted molar refractivity (Wildman–Crippen MR) is 58.7 cm³/mol. The van der Waals surface area contributed by atoms with Crippen LogP contribution in [0.25, 0.3) is 0 Å². The first kappa shape index (κ1) is 12.5. The zero-order valence-corrected chi connectivity index (χ0v) is 9.56. The molecule has 6 nitrogen and oxygen atoms in total. The maximum Gasteiger partial charge on any atom is 0.378 e. The van der Waals surface area contributed by atoms with Crippen molar-refractivity contribution in [2.75, 3.05) is 14.2 Å². The van der Waals surface area contributed by atoms with E-state index in [1.165, 1.54) is 20.3 Å². The van der Waals surface area contributed by atoms with E-state index in [1.807, 2.05) is 0 Å². The van der Waals surface area contributed by atoms with Crippen LogP contribution in [0.3, 0.4) is 0 Å². The number of methoxy groups -OCH3 is 2. The van der Waals surface area contributed by atoms with Gasteiger partial charge in [-0.25, -0.2) is 0 Å². The van der Waals surface area contributed by atoms with Crippen LogP contribution in [0.2, 0.25) is 0 Å². The van der Waals surface area contributed by atoms with Gasteiger partial charge in [0, 0.05) is 6.21 Å². The van der Waals surface area contributed by atoms with Gasteiger partial charge in [0.1, 0.15) is 0 Å². The van der Waals surface area contributed by atoms with Crippen LogP contribution in [0.15, 0.2) is 22.6 Å². The van der Waals surface area contributed by atoms with Crippen molar-refractivity contribution in [1.29, 1.82) is 0 Å². The Morgan fingerprint density at radius 3 is 2.38 bits per heavy atom. The third-order valence-corrected chi connectivity index (χ3v) is 2.11. The molecule has 16 heavy (non-hydrogen) atoms. The lowest BCUT2D eigenvalue weighted by Gasteiger charge is -2.07. The summed E-state index contributed by atoms with van der Waals surface area (Å²) in [4.78, 5) is 0. The third-order valence-electron chi connectivity index (χ3n) is 1.74. The number of hydrogen-bond donors (Lipinski definition) is 1. The molecule has 0 amide bonds. The van der Waals surface area contributed by atoms with Crippen molar-refractivity contribution in [2.45, 2.75) is 0 Å². The van der Waals surface area contributed by atoms with Crippen molar-refractivity contribution < 1.29 is 22.4 Å². The molecule has 88 valence electrons. The van der Waals surface area contributed by atoms with Crippen LogP contribution in [0.1, 0.15) is 5.56 Å². The summed E-state index contributed by atoms with van der Waals surface area (Å²) < 4.78 is 42.2. The summed E-state index contributed by atoms with van der Waals surface area (Å²) in [6, 6.07) is 4.72. The van der Waals surface area contributed by atoms with Gasteiger partial charge < -0.3 is 9.47 Å². The molecule has 0 atom stereocenters. The van der Waals surface area contributed by atoms with Crippen LogP contribution in [0, 0.1) is 0 Å². The molecule has 0 saturated heterocycles. The van der Waals surface area contributed by atoms with E-state index in [0.717, 1.165) is 6.21 Å². The van der Waals surface area contributed by atoms with Crippen LogP contribution >= 0.6 is 0 Å². The average Bonchev–Trinajstić information content (AvgIpc) is 2.25. The molecule has 0 heterocycles. The highest BCUT2D eigenvalue weighted by atomic mass is 32.2. The van der Waals surface area contributed by atoms with Crippen molar-refractivity contribution in [3.63, 3.8) is 0 Å². The minimum Gasteiger partial charge on any atom is -0.493 e. The summed E-state index contributed by atoms with van der Waals surface area (Å²) in [5, 5.41) is 0. The van der Waals surface area contributed by atoms with Crippen LogP contribution < -0.4 is 9.47 Å². The van der Waals surface area contributed by atoms with Gasteiger partial charge in [-0.2, -0.15) is 8.42 Å². The van der Waals surface area contributed by atoms with Crippen molar-refractivity contribution in [2.24, 2.45) is 4.40 Å². The third kappa shape index (κ3) is 3.52. The summed E-state index contributed by atoms with van der Waals surface area (Å²) in [6.07, 6.45) is 1.01. The van der Waals surface area contributed by atoms with E-state index in [-0.39, 0.29) is 0 Å². The Bertz CT molecular complexity index is 495. The first-order valence-electron chi connectivity index (χ1n) is 4.21. The Morgan fingerprint density at radius 1 is 1.25 bits per heavy atom. The summed E-state index contributed by atoms with van der Waals surface area (Å²) in [6.45, 7) is 0. The summed E-state index contributed by atoms with van der Waals surface area (Å²) in [5.74, 6) is 0.966. The molecule has 0 aromatic heterocycles. The van der Waals surface area contributed by atoms with Crippen molar-refractivity contribution >= 4 is 16.5 Å². The van der Waals surface area contributed by atoms with E-state index in [1.54, 1.807) is 12.1 Å². The molecule has 0 unspecified atom stereocenters. The molecule has 7 heteroatoms. The largest absolute Gasteiger partial charge is 0.493 e. The first-order valence-corrected chi connectivity index (χ1v) is 5.61. The quantitative estimate of drug-likeness (QED) is 0.630. The summed E-state index contributed by atoms with van der Waals surface area (Å²) >= 11 is 0. The van der Waals surface area contributed by atoms with Crippen molar-refractivity contribution in [3.05, 3.63) is 23.8 Å². The molecule has 0 aliphatic heterocycles. The standard InChI is InChI=1S/C9H11NO5S/c1-14-8-4-3-7(5-9(8)15-2)6-10-16(11,12)13/h3-6H,1-2H3,(H,11,12,13)/b10-6+. The number of rotatable bonds is 4. The topological polar surface area (TPSA) is 85.2 Å². The van der Waals surface area contributed by atoms with Gasteiger partial charge >= 0.3 is 10.3 Å². The molecule has 0 bridgehead atoms. The van der Waals surface area contributed by atoms with E-state index < -0.39 is 10.3 Å².